The van der Waals surface area contributed by atoms with Gasteiger partial charge in [0.1, 0.15) is 12.6 Å². The van der Waals surface area contributed by atoms with Crippen molar-refractivity contribution in [1.29, 1.82) is 0 Å². The molecule has 2 unspecified atom stereocenters. The molecule has 1 rings (SSSR count). The lowest BCUT2D eigenvalue weighted by atomic mass is 10.2. The highest BCUT2D eigenvalue weighted by atomic mass is 35.5. The number of likely N-dealkylation sites (N-methyl/N-ethyl adjacent to an activating group) is 1. The van der Waals surface area contributed by atoms with Gasteiger partial charge in [-0.2, -0.15) is 0 Å². The smallest absolute Gasteiger partial charge is 0.190 e. The molecule has 0 spiro atoms. The Bertz CT molecular complexity index is 298. The highest BCUT2D eigenvalue weighted by molar-refractivity contribution is 6.19. The summed E-state index contributed by atoms with van der Waals surface area (Å²) in [5, 5.41) is 9.41. The molecule has 1 aromatic rings. The molecule has 0 aliphatic heterocycles. The van der Waals surface area contributed by atoms with E-state index in [4.69, 9.17) is 11.6 Å². The Balaban J connectivity index is 2.79. The van der Waals surface area contributed by atoms with E-state index in [1.54, 1.807) is 6.92 Å². The van der Waals surface area contributed by atoms with Gasteiger partial charge in [-0.05, 0) is 6.92 Å². The molecule has 0 saturated carbocycles. The van der Waals surface area contributed by atoms with Gasteiger partial charge in [0.05, 0.1) is 14.1 Å². The van der Waals surface area contributed by atoms with Crippen LogP contribution in [0.1, 0.15) is 18.0 Å². The van der Waals surface area contributed by atoms with E-state index in [9.17, 15) is 5.11 Å². The van der Waals surface area contributed by atoms with Crippen molar-refractivity contribution in [2.45, 2.75) is 18.5 Å². The van der Waals surface area contributed by atoms with Crippen LogP contribution in [0.25, 0.3) is 0 Å². The van der Waals surface area contributed by atoms with Crippen LogP contribution in [0.3, 0.4) is 0 Å². The largest absolute Gasteiger partial charge is 0.388 e. The van der Waals surface area contributed by atoms with Gasteiger partial charge in [-0.3, -0.25) is 0 Å². The first kappa shape index (κ1) is 12.5. The molecule has 84 valence electrons. The minimum atomic E-state index is -0.343. The number of aliphatic hydroxyl groups excluding tert-OH is 1. The van der Waals surface area contributed by atoms with Crippen LogP contribution in [0.5, 0.6) is 0 Å². The first-order valence-electron chi connectivity index (χ1n) is 5.13. The van der Waals surface area contributed by atoms with Gasteiger partial charge in [-0.15, -0.1) is 0 Å². The van der Waals surface area contributed by atoms with E-state index in [0.717, 1.165) is 5.56 Å². The first-order chi connectivity index (χ1) is 6.93. The van der Waals surface area contributed by atoms with Crippen LogP contribution in [0.15, 0.2) is 30.3 Å². The van der Waals surface area contributed by atoms with E-state index in [1.807, 2.05) is 44.4 Å². The van der Waals surface area contributed by atoms with Crippen molar-refractivity contribution in [3.63, 3.8) is 0 Å². The average molecular weight is 229 g/mol. The molecule has 0 amide bonds. The van der Waals surface area contributed by atoms with Crippen molar-refractivity contribution in [1.82, 2.24) is 0 Å². The molecule has 0 aliphatic carbocycles. The second-order valence-electron chi connectivity index (χ2n) is 4.56. The lowest BCUT2D eigenvalue weighted by molar-refractivity contribution is -0.910. The summed E-state index contributed by atoms with van der Waals surface area (Å²) in [6.07, 6.45) is -0.343. The molecule has 0 heterocycles. The number of nitrogens with zero attached hydrogens (tertiary/aromatic N) is 1. The predicted molar refractivity (Wildman–Crippen MR) is 63.7 cm³/mol. The van der Waals surface area contributed by atoms with Crippen molar-refractivity contribution < 1.29 is 9.59 Å². The van der Waals surface area contributed by atoms with Crippen LogP contribution in [-0.2, 0) is 0 Å². The number of benzene rings is 1. The monoisotopic (exact) mass is 228 g/mol. The maximum atomic E-state index is 9.41. The van der Waals surface area contributed by atoms with Gasteiger partial charge in [0.2, 0.25) is 0 Å². The number of alkyl halides is 1. The molecule has 0 bridgehead atoms. The van der Waals surface area contributed by atoms with Gasteiger partial charge in [-0.25, -0.2) is 0 Å². The molecule has 0 radical (unpaired) electrons. The second kappa shape index (κ2) is 4.97. The van der Waals surface area contributed by atoms with E-state index in [0.29, 0.717) is 11.0 Å². The highest BCUT2D eigenvalue weighted by Crippen LogP contribution is 2.28. The summed E-state index contributed by atoms with van der Waals surface area (Å²) < 4.78 is 0.573. The Morgan fingerprint density at radius 3 is 2.27 bits per heavy atom. The highest BCUT2D eigenvalue weighted by Gasteiger charge is 2.28. The van der Waals surface area contributed by atoms with Crippen LogP contribution in [0.4, 0.5) is 0 Å². The van der Waals surface area contributed by atoms with E-state index in [2.05, 4.69) is 0 Å². The van der Waals surface area contributed by atoms with Crippen LogP contribution in [-0.4, -0.2) is 36.3 Å². The molecule has 2 atom stereocenters. The lowest BCUT2D eigenvalue weighted by Gasteiger charge is -2.35. The van der Waals surface area contributed by atoms with Gasteiger partial charge >= 0.3 is 0 Å². The molecule has 1 N–H and O–H groups in total. The fraction of sp³-hybridized carbons (Fsp3) is 0.500. The van der Waals surface area contributed by atoms with Gasteiger partial charge in [0.25, 0.3) is 0 Å². The van der Waals surface area contributed by atoms with Crippen molar-refractivity contribution in [3.8, 4) is 0 Å². The maximum absolute atomic E-state index is 9.41. The predicted octanol–water partition coefficient (Wildman–Crippen LogP) is 2.38. The third-order valence-electron chi connectivity index (χ3n) is 2.42. The molecule has 0 fully saturated rings. The fourth-order valence-corrected chi connectivity index (χ4v) is 2.01. The minimum absolute atomic E-state index is 0.124. The summed E-state index contributed by atoms with van der Waals surface area (Å²) in [6, 6.07) is 9.96. The second-order valence-corrected chi connectivity index (χ2v) is 4.97. The van der Waals surface area contributed by atoms with E-state index < -0.39 is 0 Å². The minimum Gasteiger partial charge on any atom is -0.388 e. The molecule has 0 aromatic heterocycles. The van der Waals surface area contributed by atoms with Crippen LogP contribution in [0, 0.1) is 0 Å². The summed E-state index contributed by atoms with van der Waals surface area (Å²) in [5.41, 5.74) is 0.964. The maximum Gasteiger partial charge on any atom is 0.190 e. The summed E-state index contributed by atoms with van der Waals surface area (Å²) in [7, 11) is 4.05. The zero-order valence-corrected chi connectivity index (χ0v) is 10.3. The molecule has 2 nitrogen and oxygen atoms in total. The zero-order valence-electron chi connectivity index (χ0n) is 9.52. The molecule has 15 heavy (non-hydrogen) atoms. The van der Waals surface area contributed by atoms with Gasteiger partial charge in [-0.1, -0.05) is 41.9 Å². The molecular weight excluding hydrogens is 210 g/mol. The summed E-state index contributed by atoms with van der Waals surface area (Å²) in [6.45, 7) is 2.43. The molecular formula is C12H19ClNO+. The normalized spacial score (nSPS) is 16.1. The summed E-state index contributed by atoms with van der Waals surface area (Å²) >= 11 is 6.40. The molecule has 0 saturated heterocycles. The third-order valence-corrected chi connectivity index (χ3v) is 3.20. The van der Waals surface area contributed by atoms with Gasteiger partial charge in [0, 0.05) is 5.56 Å². The van der Waals surface area contributed by atoms with Crippen molar-refractivity contribution in [2.24, 2.45) is 0 Å². The van der Waals surface area contributed by atoms with Crippen molar-refractivity contribution >= 4 is 11.6 Å². The first-order valence-corrected chi connectivity index (χ1v) is 5.57. The molecule has 1 aromatic carbocycles. The summed E-state index contributed by atoms with van der Waals surface area (Å²) in [5.74, 6) is 0. The Morgan fingerprint density at radius 2 is 1.80 bits per heavy atom. The standard InChI is InChI=1S/C12H19ClNO/c1-10(15)9-14(2,3)12(13)11-7-5-4-6-8-11/h4-8,10,12,15H,9H2,1-3H3/q+1. The zero-order chi connectivity index (χ0) is 11.5. The summed E-state index contributed by atoms with van der Waals surface area (Å²) in [4.78, 5) is 0. The Hall–Kier alpha value is -0.570. The third kappa shape index (κ3) is 3.49. The van der Waals surface area contributed by atoms with Crippen LogP contribution >= 0.6 is 11.6 Å². The number of halogens is 1. The van der Waals surface area contributed by atoms with Gasteiger partial charge in [0.15, 0.2) is 5.50 Å². The molecule has 3 heteroatoms. The fourth-order valence-electron chi connectivity index (χ4n) is 1.79. The Morgan fingerprint density at radius 1 is 1.27 bits per heavy atom. The van der Waals surface area contributed by atoms with Crippen molar-refractivity contribution in [2.75, 3.05) is 20.6 Å². The number of hydrogen-bond acceptors (Lipinski definition) is 1. The average Bonchev–Trinajstić information content (AvgIpc) is 2.16. The van der Waals surface area contributed by atoms with Crippen molar-refractivity contribution in [3.05, 3.63) is 35.9 Å². The van der Waals surface area contributed by atoms with E-state index >= 15 is 0 Å². The quantitative estimate of drug-likeness (QED) is 0.477. The topological polar surface area (TPSA) is 20.2 Å². The Kier molecular flexibility index (Phi) is 4.14. The lowest BCUT2D eigenvalue weighted by Crippen LogP contribution is -2.45. The van der Waals surface area contributed by atoms with Crippen LogP contribution in [0.2, 0.25) is 0 Å². The number of rotatable bonds is 4. The van der Waals surface area contributed by atoms with E-state index in [-0.39, 0.29) is 11.6 Å². The van der Waals surface area contributed by atoms with Gasteiger partial charge < -0.3 is 9.59 Å². The number of hydrogen-bond donors (Lipinski definition) is 1. The van der Waals surface area contributed by atoms with Crippen LogP contribution < -0.4 is 0 Å². The molecule has 0 aliphatic rings. The number of aliphatic hydroxyl groups is 1. The van der Waals surface area contributed by atoms with E-state index in [1.165, 1.54) is 0 Å². The Labute approximate surface area is 96.7 Å². The SMILES string of the molecule is CC(O)C[N+](C)(C)C(Cl)c1ccccc1. The number of quaternary nitrogens is 1.